The van der Waals surface area contributed by atoms with Crippen molar-refractivity contribution >= 4 is 6.03 Å². The molecule has 2 amide bonds. The Labute approximate surface area is 47.3 Å². The Morgan fingerprint density at radius 2 is 2.50 bits per heavy atom. The van der Waals surface area contributed by atoms with E-state index in [9.17, 15) is 4.79 Å². The van der Waals surface area contributed by atoms with Crippen LogP contribution < -0.4 is 11.1 Å². The maximum Gasteiger partial charge on any atom is 0.313 e. The van der Waals surface area contributed by atoms with E-state index in [0.29, 0.717) is 0 Å². The molecule has 0 aromatic rings. The number of nitriles is 1. The van der Waals surface area contributed by atoms with Gasteiger partial charge in [0.25, 0.3) is 0 Å². The van der Waals surface area contributed by atoms with Crippen molar-refractivity contribution in [1.29, 1.82) is 5.26 Å². The number of carbonyl (C=O) groups excluding carboxylic acids is 1. The Bertz CT molecular complexity index is 126. The molecule has 0 bridgehead atoms. The van der Waals surface area contributed by atoms with Crippen LogP contribution >= 0.6 is 0 Å². The highest BCUT2D eigenvalue weighted by Gasteiger charge is 1.97. The van der Waals surface area contributed by atoms with E-state index in [1.807, 2.05) is 0 Å². The van der Waals surface area contributed by atoms with Crippen molar-refractivity contribution in [3.8, 4) is 6.07 Å². The summed E-state index contributed by atoms with van der Waals surface area (Å²) in [5, 5.41) is 10.2. The number of amides is 2. The second-order valence-electron chi connectivity index (χ2n) is 1.36. The van der Waals surface area contributed by atoms with Crippen LogP contribution in [0.25, 0.3) is 0 Å². The summed E-state index contributed by atoms with van der Waals surface area (Å²) in [5.41, 5.74) is 4.67. The lowest BCUT2D eigenvalue weighted by molar-refractivity contribution is 0.248. The summed E-state index contributed by atoms with van der Waals surface area (Å²) in [5.74, 6) is 0. The van der Waals surface area contributed by atoms with E-state index in [4.69, 9.17) is 5.26 Å². The minimum Gasteiger partial charge on any atom is -0.352 e. The third kappa shape index (κ3) is 2.97. The average Bonchev–Trinajstić information content (AvgIpc) is 1.65. The van der Waals surface area contributed by atoms with E-state index in [0.717, 1.165) is 0 Å². The average molecular weight is 113 g/mol. The Morgan fingerprint density at radius 3 is 2.62 bits per heavy atom. The largest absolute Gasteiger partial charge is 0.352 e. The van der Waals surface area contributed by atoms with Crippen LogP contribution in [0.4, 0.5) is 4.79 Å². The summed E-state index contributed by atoms with van der Waals surface area (Å²) in [4.78, 5) is 9.93. The maximum absolute atomic E-state index is 9.93. The monoisotopic (exact) mass is 113 g/mol. The number of rotatable bonds is 1. The predicted molar refractivity (Wildman–Crippen MR) is 27.8 cm³/mol. The molecule has 0 radical (unpaired) electrons. The van der Waals surface area contributed by atoms with Crippen molar-refractivity contribution in [2.24, 2.45) is 5.73 Å². The molecule has 4 nitrogen and oxygen atoms in total. The molecular weight excluding hydrogens is 106 g/mol. The van der Waals surface area contributed by atoms with Crippen molar-refractivity contribution in [1.82, 2.24) is 5.32 Å². The lowest BCUT2D eigenvalue weighted by atomic mass is 10.4. The van der Waals surface area contributed by atoms with E-state index in [-0.39, 0.29) is 0 Å². The van der Waals surface area contributed by atoms with Gasteiger partial charge in [-0.25, -0.2) is 4.79 Å². The second kappa shape index (κ2) is 2.86. The summed E-state index contributed by atoms with van der Waals surface area (Å²) in [7, 11) is 0. The molecular formula is C4H7N3O. The van der Waals surface area contributed by atoms with Crippen molar-refractivity contribution < 1.29 is 4.79 Å². The van der Waals surface area contributed by atoms with Gasteiger partial charge in [-0.2, -0.15) is 5.26 Å². The second-order valence-corrected chi connectivity index (χ2v) is 1.36. The molecule has 44 valence electrons. The zero-order valence-electron chi connectivity index (χ0n) is 4.51. The zero-order valence-corrected chi connectivity index (χ0v) is 4.51. The molecule has 0 heterocycles. The summed E-state index contributed by atoms with van der Waals surface area (Å²) in [6.07, 6.45) is 0. The highest BCUT2D eigenvalue weighted by Crippen LogP contribution is 1.72. The van der Waals surface area contributed by atoms with E-state index >= 15 is 0 Å². The molecule has 0 aliphatic heterocycles. The quantitative estimate of drug-likeness (QED) is 0.483. The normalized spacial score (nSPS) is 11.5. The van der Waals surface area contributed by atoms with Gasteiger partial charge in [-0.1, -0.05) is 0 Å². The van der Waals surface area contributed by atoms with E-state index < -0.39 is 12.1 Å². The SMILES string of the molecule is C[C@@H](C#N)NC(N)=O. The maximum atomic E-state index is 9.93. The first-order valence-corrected chi connectivity index (χ1v) is 2.12. The van der Waals surface area contributed by atoms with Gasteiger partial charge in [-0.05, 0) is 6.92 Å². The Kier molecular flexibility index (Phi) is 2.41. The smallest absolute Gasteiger partial charge is 0.313 e. The minimum absolute atomic E-state index is 0.493. The first kappa shape index (κ1) is 6.76. The first-order valence-electron chi connectivity index (χ1n) is 2.12. The Hall–Kier alpha value is -1.24. The van der Waals surface area contributed by atoms with Crippen LogP contribution in [0, 0.1) is 11.3 Å². The zero-order chi connectivity index (χ0) is 6.57. The fourth-order valence-electron chi connectivity index (χ4n) is 0.246. The molecule has 4 heteroatoms. The minimum atomic E-state index is -0.668. The molecule has 0 aliphatic rings. The topological polar surface area (TPSA) is 78.9 Å². The van der Waals surface area contributed by atoms with Gasteiger partial charge >= 0.3 is 6.03 Å². The van der Waals surface area contributed by atoms with Crippen LogP contribution in [0.2, 0.25) is 0 Å². The standard InChI is InChI=1S/C4H7N3O/c1-3(2-5)7-4(6)8/h3H,1H3,(H3,6,7,8)/t3-/m0/s1. The molecule has 0 rings (SSSR count). The highest BCUT2D eigenvalue weighted by atomic mass is 16.2. The fourth-order valence-corrected chi connectivity index (χ4v) is 0.246. The highest BCUT2D eigenvalue weighted by molar-refractivity contribution is 5.72. The van der Waals surface area contributed by atoms with Crippen molar-refractivity contribution in [2.75, 3.05) is 0 Å². The molecule has 8 heavy (non-hydrogen) atoms. The molecule has 0 spiro atoms. The van der Waals surface area contributed by atoms with Gasteiger partial charge in [-0.15, -0.1) is 0 Å². The number of urea groups is 1. The van der Waals surface area contributed by atoms with Gasteiger partial charge in [0.15, 0.2) is 0 Å². The van der Waals surface area contributed by atoms with Crippen LogP contribution in [0.1, 0.15) is 6.92 Å². The summed E-state index contributed by atoms with van der Waals surface area (Å²) in [6.45, 7) is 1.55. The number of primary amides is 1. The Balaban J connectivity index is 3.43. The first-order chi connectivity index (χ1) is 3.66. The van der Waals surface area contributed by atoms with E-state index in [2.05, 4.69) is 11.1 Å². The number of carbonyl (C=O) groups is 1. The van der Waals surface area contributed by atoms with Crippen molar-refractivity contribution in [3.05, 3.63) is 0 Å². The van der Waals surface area contributed by atoms with Gasteiger partial charge in [-0.3, -0.25) is 0 Å². The molecule has 3 N–H and O–H groups in total. The third-order valence-electron chi connectivity index (χ3n) is 0.552. The molecule has 0 aromatic carbocycles. The van der Waals surface area contributed by atoms with Gasteiger partial charge in [0.2, 0.25) is 0 Å². The molecule has 0 saturated heterocycles. The van der Waals surface area contributed by atoms with Crippen LogP contribution in [0.3, 0.4) is 0 Å². The summed E-state index contributed by atoms with van der Waals surface area (Å²) in [6, 6.07) is 0.624. The van der Waals surface area contributed by atoms with Crippen LogP contribution in [-0.4, -0.2) is 12.1 Å². The summed E-state index contributed by atoms with van der Waals surface area (Å²) < 4.78 is 0. The number of nitrogens with zero attached hydrogens (tertiary/aromatic N) is 1. The van der Waals surface area contributed by atoms with E-state index in [1.54, 1.807) is 13.0 Å². The predicted octanol–water partition coefficient (Wildman–Crippen LogP) is -0.433. The molecule has 0 saturated carbocycles. The lowest BCUT2D eigenvalue weighted by Crippen LogP contribution is -2.35. The van der Waals surface area contributed by atoms with Crippen LogP contribution in [0.15, 0.2) is 0 Å². The number of hydrogen-bond acceptors (Lipinski definition) is 2. The molecule has 0 unspecified atom stereocenters. The van der Waals surface area contributed by atoms with Crippen molar-refractivity contribution in [2.45, 2.75) is 13.0 Å². The fraction of sp³-hybridized carbons (Fsp3) is 0.500. The lowest BCUT2D eigenvalue weighted by Gasteiger charge is -1.98. The van der Waals surface area contributed by atoms with Crippen molar-refractivity contribution in [3.63, 3.8) is 0 Å². The van der Waals surface area contributed by atoms with Crippen LogP contribution in [0.5, 0.6) is 0 Å². The molecule has 0 aromatic heterocycles. The number of hydrogen-bond donors (Lipinski definition) is 2. The van der Waals surface area contributed by atoms with Gasteiger partial charge < -0.3 is 11.1 Å². The Morgan fingerprint density at radius 1 is 2.00 bits per heavy atom. The van der Waals surface area contributed by atoms with Crippen LogP contribution in [-0.2, 0) is 0 Å². The van der Waals surface area contributed by atoms with Gasteiger partial charge in [0.05, 0.1) is 6.07 Å². The molecule has 0 fully saturated rings. The molecule has 1 atom stereocenters. The number of nitrogens with two attached hydrogens (primary N) is 1. The van der Waals surface area contributed by atoms with Gasteiger partial charge in [0, 0.05) is 0 Å². The number of nitrogens with one attached hydrogen (secondary N) is 1. The third-order valence-corrected chi connectivity index (χ3v) is 0.552. The molecule has 0 aliphatic carbocycles. The van der Waals surface area contributed by atoms with Gasteiger partial charge in [0.1, 0.15) is 6.04 Å². The summed E-state index contributed by atoms with van der Waals surface area (Å²) >= 11 is 0. The van der Waals surface area contributed by atoms with E-state index in [1.165, 1.54) is 0 Å².